The number of likely N-dealkylation sites (tertiary alicyclic amines) is 1. The summed E-state index contributed by atoms with van der Waals surface area (Å²) in [7, 11) is 1.57. The molecule has 1 aromatic heterocycles. The monoisotopic (exact) mass is 414 g/mol. The van der Waals surface area contributed by atoms with Crippen LogP contribution in [-0.4, -0.2) is 33.8 Å². The lowest BCUT2D eigenvalue weighted by atomic mass is 9.94. The number of carbonyl (C=O) groups is 2. The second-order valence-corrected chi connectivity index (χ2v) is 7.38. The predicted molar refractivity (Wildman–Crippen MR) is 116 cm³/mol. The van der Waals surface area contributed by atoms with Gasteiger partial charge >= 0.3 is 0 Å². The van der Waals surface area contributed by atoms with Gasteiger partial charge in [0.25, 0.3) is 11.7 Å². The third-order valence-corrected chi connectivity index (χ3v) is 5.43. The molecule has 2 aromatic carbocycles. The average Bonchev–Trinajstić information content (AvgIpc) is 3.04. The van der Waals surface area contributed by atoms with E-state index in [2.05, 4.69) is 4.98 Å². The highest BCUT2D eigenvalue weighted by atomic mass is 16.5. The zero-order valence-electron chi connectivity index (χ0n) is 17.3. The first-order valence-corrected chi connectivity index (χ1v) is 9.88. The number of nitrogens with zero attached hydrogens (tertiary/aromatic N) is 2. The van der Waals surface area contributed by atoms with Crippen LogP contribution in [0.1, 0.15) is 28.3 Å². The van der Waals surface area contributed by atoms with Crippen LogP contribution < -0.4 is 4.74 Å². The molecule has 0 spiro atoms. The molecule has 31 heavy (non-hydrogen) atoms. The molecule has 0 saturated carbocycles. The Balaban J connectivity index is 1.85. The highest BCUT2D eigenvalue weighted by Gasteiger charge is 2.46. The van der Waals surface area contributed by atoms with Gasteiger partial charge < -0.3 is 14.7 Å². The molecule has 1 amide bonds. The van der Waals surface area contributed by atoms with Crippen LogP contribution in [0, 0.1) is 6.92 Å². The van der Waals surface area contributed by atoms with Crippen LogP contribution in [0.2, 0.25) is 0 Å². The highest BCUT2D eigenvalue weighted by Crippen LogP contribution is 2.40. The van der Waals surface area contributed by atoms with Gasteiger partial charge in [-0.05, 0) is 53.9 Å². The van der Waals surface area contributed by atoms with Crippen molar-refractivity contribution in [3.8, 4) is 5.75 Å². The Morgan fingerprint density at radius 1 is 1.06 bits per heavy atom. The normalized spacial score (nSPS) is 17.7. The number of amides is 1. The van der Waals surface area contributed by atoms with E-state index in [4.69, 9.17) is 4.74 Å². The molecule has 1 aliphatic heterocycles. The Morgan fingerprint density at radius 3 is 2.42 bits per heavy atom. The number of hydrogen-bond acceptors (Lipinski definition) is 5. The summed E-state index contributed by atoms with van der Waals surface area (Å²) in [6, 6.07) is 17.3. The van der Waals surface area contributed by atoms with E-state index in [1.54, 1.807) is 49.8 Å². The van der Waals surface area contributed by atoms with Crippen LogP contribution in [0.15, 0.2) is 78.6 Å². The summed E-state index contributed by atoms with van der Waals surface area (Å²) in [4.78, 5) is 31.6. The lowest BCUT2D eigenvalue weighted by molar-refractivity contribution is -0.140. The molecule has 1 unspecified atom stereocenters. The molecule has 0 bridgehead atoms. The van der Waals surface area contributed by atoms with E-state index < -0.39 is 17.7 Å². The van der Waals surface area contributed by atoms with Crippen LogP contribution in [-0.2, 0) is 16.1 Å². The molecular weight excluding hydrogens is 392 g/mol. The van der Waals surface area contributed by atoms with Crippen LogP contribution in [0.4, 0.5) is 0 Å². The third kappa shape index (κ3) is 3.80. The van der Waals surface area contributed by atoms with Gasteiger partial charge in [-0.25, -0.2) is 0 Å². The fourth-order valence-electron chi connectivity index (χ4n) is 3.89. The lowest BCUT2D eigenvalue weighted by Crippen LogP contribution is -2.29. The molecule has 0 radical (unpaired) electrons. The van der Waals surface area contributed by atoms with Gasteiger partial charge in [0.15, 0.2) is 0 Å². The first kappa shape index (κ1) is 20.3. The fourth-order valence-corrected chi connectivity index (χ4v) is 3.89. The largest absolute Gasteiger partial charge is 0.507 e. The van der Waals surface area contributed by atoms with Gasteiger partial charge in [0.2, 0.25) is 0 Å². The summed E-state index contributed by atoms with van der Waals surface area (Å²) < 4.78 is 5.29. The summed E-state index contributed by atoms with van der Waals surface area (Å²) in [5.74, 6) is -0.865. The molecule has 1 N–H and O–H groups in total. The second-order valence-electron chi connectivity index (χ2n) is 7.38. The van der Waals surface area contributed by atoms with E-state index in [0.717, 1.165) is 16.7 Å². The number of carbonyl (C=O) groups excluding carboxylic acids is 2. The van der Waals surface area contributed by atoms with Gasteiger partial charge in [0.1, 0.15) is 11.5 Å². The number of benzene rings is 2. The summed E-state index contributed by atoms with van der Waals surface area (Å²) in [5, 5.41) is 11.1. The standard InChI is InChI=1S/C25H22N2O4/c1-16-14-19(8-9-20(16)31-2)23(28)21-22(18-6-4-3-5-7-18)27(25(30)24(21)29)15-17-10-12-26-13-11-17/h3-14,22,28H,15H2,1-2H3/b23-21-. The Labute approximate surface area is 180 Å². The van der Waals surface area contributed by atoms with Gasteiger partial charge in [-0.1, -0.05) is 30.3 Å². The molecule has 6 heteroatoms. The Kier molecular flexibility index (Phi) is 5.54. The number of aliphatic hydroxyl groups is 1. The first-order valence-electron chi connectivity index (χ1n) is 9.88. The van der Waals surface area contributed by atoms with Crippen molar-refractivity contribution in [2.24, 2.45) is 0 Å². The van der Waals surface area contributed by atoms with Crippen LogP contribution in [0.3, 0.4) is 0 Å². The molecule has 6 nitrogen and oxygen atoms in total. The SMILES string of the molecule is COc1ccc(/C(O)=C2/C(=O)C(=O)N(Cc3ccncc3)C2c2ccccc2)cc1C. The molecule has 1 aliphatic rings. The van der Waals surface area contributed by atoms with Crippen molar-refractivity contribution in [3.63, 3.8) is 0 Å². The number of aromatic nitrogens is 1. The molecule has 4 rings (SSSR count). The number of ether oxygens (including phenoxy) is 1. The topological polar surface area (TPSA) is 79.7 Å². The maximum atomic E-state index is 13.1. The average molecular weight is 414 g/mol. The van der Waals surface area contributed by atoms with E-state index in [1.807, 2.05) is 37.3 Å². The quantitative estimate of drug-likeness (QED) is 0.388. The molecule has 1 fully saturated rings. The number of aryl methyl sites for hydroxylation is 1. The summed E-state index contributed by atoms with van der Waals surface area (Å²) in [6.07, 6.45) is 3.28. The number of aliphatic hydroxyl groups excluding tert-OH is 1. The zero-order chi connectivity index (χ0) is 22.0. The van der Waals surface area contributed by atoms with E-state index in [9.17, 15) is 14.7 Å². The van der Waals surface area contributed by atoms with Crippen molar-refractivity contribution in [1.29, 1.82) is 0 Å². The van der Waals surface area contributed by atoms with Gasteiger partial charge in [-0.3, -0.25) is 14.6 Å². The van der Waals surface area contributed by atoms with Crippen molar-refractivity contribution in [2.45, 2.75) is 19.5 Å². The zero-order valence-corrected chi connectivity index (χ0v) is 17.3. The minimum absolute atomic E-state index is 0.0785. The van der Waals surface area contributed by atoms with Gasteiger partial charge in [-0.2, -0.15) is 0 Å². The van der Waals surface area contributed by atoms with Crippen LogP contribution in [0.5, 0.6) is 5.75 Å². The summed E-state index contributed by atoms with van der Waals surface area (Å²) in [6.45, 7) is 2.08. The first-order chi connectivity index (χ1) is 15.0. The summed E-state index contributed by atoms with van der Waals surface area (Å²) in [5.41, 5.74) is 2.95. The number of rotatable bonds is 5. The Morgan fingerprint density at radius 2 is 1.77 bits per heavy atom. The molecule has 1 atom stereocenters. The predicted octanol–water partition coefficient (Wildman–Crippen LogP) is 4.02. The van der Waals surface area contributed by atoms with E-state index >= 15 is 0 Å². The minimum atomic E-state index is -0.700. The number of methoxy groups -OCH3 is 1. The number of hydrogen-bond donors (Lipinski definition) is 1. The van der Waals surface area contributed by atoms with Crippen LogP contribution >= 0.6 is 0 Å². The Bertz CT molecular complexity index is 1160. The molecular formula is C25H22N2O4. The number of pyridine rings is 1. The molecule has 0 aliphatic carbocycles. The minimum Gasteiger partial charge on any atom is -0.507 e. The van der Waals surface area contributed by atoms with E-state index in [1.165, 1.54) is 4.90 Å². The van der Waals surface area contributed by atoms with Gasteiger partial charge in [0.05, 0.1) is 18.7 Å². The molecule has 156 valence electrons. The van der Waals surface area contributed by atoms with E-state index in [-0.39, 0.29) is 17.9 Å². The summed E-state index contributed by atoms with van der Waals surface area (Å²) >= 11 is 0. The van der Waals surface area contributed by atoms with Crippen molar-refractivity contribution in [1.82, 2.24) is 9.88 Å². The van der Waals surface area contributed by atoms with E-state index in [0.29, 0.717) is 11.3 Å². The number of Topliss-reactive ketones (excluding diaryl/α,β-unsaturated/α-hetero) is 1. The van der Waals surface area contributed by atoms with Crippen molar-refractivity contribution in [3.05, 3.63) is 101 Å². The maximum absolute atomic E-state index is 13.1. The third-order valence-electron chi connectivity index (χ3n) is 5.43. The molecule has 2 heterocycles. The number of ketones is 1. The van der Waals surface area contributed by atoms with Crippen molar-refractivity contribution < 1.29 is 19.4 Å². The smallest absolute Gasteiger partial charge is 0.295 e. The molecule has 1 saturated heterocycles. The van der Waals surface area contributed by atoms with Crippen LogP contribution in [0.25, 0.3) is 5.76 Å². The van der Waals surface area contributed by atoms with Gasteiger partial charge in [0, 0.05) is 24.5 Å². The second kappa shape index (κ2) is 8.44. The lowest BCUT2D eigenvalue weighted by Gasteiger charge is -2.25. The highest BCUT2D eigenvalue weighted by molar-refractivity contribution is 6.46. The van der Waals surface area contributed by atoms with Crippen molar-refractivity contribution >= 4 is 17.4 Å². The van der Waals surface area contributed by atoms with Crippen molar-refractivity contribution in [2.75, 3.05) is 7.11 Å². The fraction of sp³-hybridized carbons (Fsp3) is 0.160. The Hall–Kier alpha value is -3.93. The van der Waals surface area contributed by atoms with Gasteiger partial charge in [-0.15, -0.1) is 0 Å². The maximum Gasteiger partial charge on any atom is 0.295 e. The molecule has 3 aromatic rings.